The summed E-state index contributed by atoms with van der Waals surface area (Å²) in [6, 6.07) is 11.7. The molecule has 30 heavy (non-hydrogen) atoms. The van der Waals surface area contributed by atoms with Gasteiger partial charge in [0.25, 0.3) is 15.7 Å². The number of nitro groups is 1. The minimum Gasteiger partial charge on any atom is -0.495 e. The molecule has 0 aliphatic carbocycles. The Morgan fingerprint density at radius 1 is 1.23 bits per heavy atom. The number of thiazole rings is 1. The maximum atomic E-state index is 12.3. The number of carbonyl (C=O) groups is 1. The van der Waals surface area contributed by atoms with Gasteiger partial charge in [0.05, 0.1) is 34.7 Å². The summed E-state index contributed by atoms with van der Waals surface area (Å²) in [5, 5.41) is 15.2. The molecule has 1 aromatic heterocycles. The lowest BCUT2D eigenvalue weighted by Crippen LogP contribution is -2.16. The van der Waals surface area contributed by atoms with Crippen LogP contribution in [0.3, 0.4) is 0 Å². The van der Waals surface area contributed by atoms with Gasteiger partial charge in [-0.15, -0.1) is 11.3 Å². The van der Waals surface area contributed by atoms with E-state index in [-0.39, 0.29) is 33.6 Å². The van der Waals surface area contributed by atoms with Crippen LogP contribution < -0.4 is 14.8 Å². The predicted molar refractivity (Wildman–Crippen MR) is 111 cm³/mol. The standard InChI is InChI=1S/C18H16N4O6S2/c1-28-16-8-7-13(22(24)25)10-15(16)20-17(23)9-12-11-29-18(19-12)21-30(26,27)14-5-3-2-4-6-14/h2-8,10-11H,9H2,1H3,(H,19,21)(H,20,23). The second kappa shape index (κ2) is 8.88. The van der Waals surface area contributed by atoms with Crippen LogP contribution >= 0.6 is 11.3 Å². The van der Waals surface area contributed by atoms with Gasteiger partial charge in [-0.1, -0.05) is 18.2 Å². The topological polar surface area (TPSA) is 141 Å². The largest absolute Gasteiger partial charge is 0.495 e. The molecule has 3 rings (SSSR count). The third-order valence-corrected chi connectivity index (χ3v) is 6.13. The zero-order valence-electron chi connectivity index (χ0n) is 15.6. The van der Waals surface area contributed by atoms with Gasteiger partial charge in [-0.25, -0.2) is 13.4 Å². The van der Waals surface area contributed by atoms with Crippen LogP contribution in [0.25, 0.3) is 0 Å². The van der Waals surface area contributed by atoms with E-state index < -0.39 is 20.9 Å². The van der Waals surface area contributed by atoms with Gasteiger partial charge >= 0.3 is 0 Å². The number of nitro benzene ring substituents is 1. The SMILES string of the molecule is COc1ccc([N+](=O)[O-])cc1NC(=O)Cc1csc(NS(=O)(=O)c2ccccc2)n1. The van der Waals surface area contributed by atoms with E-state index in [0.717, 1.165) is 11.3 Å². The number of rotatable bonds is 8. The Morgan fingerprint density at radius 2 is 1.97 bits per heavy atom. The van der Waals surface area contributed by atoms with E-state index in [4.69, 9.17) is 4.74 Å². The van der Waals surface area contributed by atoms with Gasteiger partial charge in [0.1, 0.15) is 5.75 Å². The zero-order valence-corrected chi connectivity index (χ0v) is 17.2. The summed E-state index contributed by atoms with van der Waals surface area (Å²) in [6.07, 6.45) is -0.157. The number of anilines is 2. The van der Waals surface area contributed by atoms with Crippen molar-refractivity contribution in [1.82, 2.24) is 4.98 Å². The number of benzene rings is 2. The summed E-state index contributed by atoms with van der Waals surface area (Å²) in [7, 11) is -2.40. The van der Waals surface area contributed by atoms with Gasteiger partial charge < -0.3 is 10.1 Å². The molecule has 0 saturated carbocycles. The molecule has 0 spiro atoms. The quantitative estimate of drug-likeness (QED) is 0.398. The van der Waals surface area contributed by atoms with Crippen molar-refractivity contribution in [3.8, 4) is 5.75 Å². The van der Waals surface area contributed by atoms with Gasteiger partial charge in [-0.3, -0.25) is 19.6 Å². The maximum absolute atomic E-state index is 12.3. The highest BCUT2D eigenvalue weighted by molar-refractivity contribution is 7.93. The summed E-state index contributed by atoms with van der Waals surface area (Å²) in [5.74, 6) is -0.222. The van der Waals surface area contributed by atoms with Crippen molar-refractivity contribution in [3.63, 3.8) is 0 Å². The van der Waals surface area contributed by atoms with E-state index in [1.165, 1.54) is 37.4 Å². The first-order chi connectivity index (χ1) is 14.3. The molecule has 1 amide bonds. The number of amides is 1. The van der Waals surface area contributed by atoms with Crippen LogP contribution in [0.1, 0.15) is 5.69 Å². The van der Waals surface area contributed by atoms with Crippen LogP contribution in [0.4, 0.5) is 16.5 Å². The molecule has 3 aromatic rings. The summed E-state index contributed by atoms with van der Waals surface area (Å²) in [4.78, 5) is 26.9. The average Bonchev–Trinajstić information content (AvgIpc) is 3.14. The van der Waals surface area contributed by atoms with Crippen molar-refractivity contribution in [3.05, 3.63) is 69.7 Å². The van der Waals surface area contributed by atoms with Gasteiger partial charge in [-0.2, -0.15) is 0 Å². The van der Waals surface area contributed by atoms with Gasteiger partial charge in [0.15, 0.2) is 5.13 Å². The Morgan fingerprint density at radius 3 is 2.63 bits per heavy atom. The summed E-state index contributed by atoms with van der Waals surface area (Å²) >= 11 is 1.04. The Hall–Kier alpha value is -3.51. The lowest BCUT2D eigenvalue weighted by molar-refractivity contribution is -0.384. The van der Waals surface area contributed by atoms with Crippen molar-refractivity contribution in [1.29, 1.82) is 0 Å². The third-order valence-electron chi connectivity index (χ3n) is 3.84. The normalized spacial score (nSPS) is 11.0. The molecule has 10 nitrogen and oxygen atoms in total. The molecular formula is C18H16N4O6S2. The average molecular weight is 448 g/mol. The molecule has 156 valence electrons. The lowest BCUT2D eigenvalue weighted by atomic mass is 10.2. The maximum Gasteiger partial charge on any atom is 0.271 e. The first-order valence-electron chi connectivity index (χ1n) is 8.43. The van der Waals surface area contributed by atoms with E-state index in [1.807, 2.05) is 0 Å². The lowest BCUT2D eigenvalue weighted by Gasteiger charge is -2.09. The number of ether oxygens (including phenoxy) is 1. The number of aromatic nitrogens is 1. The first-order valence-corrected chi connectivity index (χ1v) is 10.8. The van der Waals surface area contributed by atoms with E-state index in [0.29, 0.717) is 5.69 Å². The smallest absolute Gasteiger partial charge is 0.271 e. The Labute approximate surface area is 175 Å². The fourth-order valence-corrected chi connectivity index (χ4v) is 4.46. The molecule has 0 aliphatic heterocycles. The van der Waals surface area contributed by atoms with E-state index in [1.54, 1.807) is 23.6 Å². The van der Waals surface area contributed by atoms with Crippen LogP contribution in [0.2, 0.25) is 0 Å². The number of nitrogens with zero attached hydrogens (tertiary/aromatic N) is 2. The fourth-order valence-electron chi connectivity index (χ4n) is 2.47. The van der Waals surface area contributed by atoms with E-state index >= 15 is 0 Å². The molecule has 0 atom stereocenters. The highest BCUT2D eigenvalue weighted by Crippen LogP contribution is 2.29. The van der Waals surface area contributed by atoms with Crippen LogP contribution in [-0.4, -0.2) is 31.3 Å². The summed E-state index contributed by atoms with van der Waals surface area (Å²) in [6.45, 7) is 0. The summed E-state index contributed by atoms with van der Waals surface area (Å²) < 4.78 is 32.2. The molecule has 0 unspecified atom stereocenters. The zero-order chi connectivity index (χ0) is 21.7. The Bertz CT molecular complexity index is 1180. The number of carbonyl (C=O) groups excluding carboxylic acids is 1. The van der Waals surface area contributed by atoms with Crippen molar-refractivity contribution in [2.75, 3.05) is 17.1 Å². The molecular weight excluding hydrogens is 432 g/mol. The number of sulfonamides is 1. The predicted octanol–water partition coefficient (Wildman–Crippen LogP) is 3.04. The van der Waals surface area contributed by atoms with Crippen molar-refractivity contribution < 1.29 is 22.9 Å². The Kier molecular flexibility index (Phi) is 6.28. The number of hydrogen-bond donors (Lipinski definition) is 2. The number of methoxy groups -OCH3 is 1. The second-order valence-corrected chi connectivity index (χ2v) is 8.47. The van der Waals surface area contributed by atoms with Gasteiger partial charge in [-0.05, 0) is 18.2 Å². The molecule has 2 aromatic carbocycles. The monoisotopic (exact) mass is 448 g/mol. The number of hydrogen-bond acceptors (Lipinski definition) is 8. The van der Waals surface area contributed by atoms with Crippen molar-refractivity contribution >= 4 is 43.8 Å². The molecule has 0 saturated heterocycles. The van der Waals surface area contributed by atoms with Gasteiger partial charge in [0, 0.05) is 17.5 Å². The molecule has 0 aliphatic rings. The van der Waals surface area contributed by atoms with Crippen LogP contribution in [0.15, 0.2) is 58.8 Å². The van der Waals surface area contributed by atoms with E-state index in [2.05, 4.69) is 15.0 Å². The number of nitrogens with one attached hydrogen (secondary N) is 2. The molecule has 2 N–H and O–H groups in total. The molecule has 0 fully saturated rings. The van der Waals surface area contributed by atoms with Crippen LogP contribution in [0.5, 0.6) is 5.75 Å². The second-order valence-electron chi connectivity index (χ2n) is 5.93. The highest BCUT2D eigenvalue weighted by Gasteiger charge is 2.18. The number of non-ortho nitro benzene ring substituents is 1. The Balaban J connectivity index is 1.68. The molecule has 0 bridgehead atoms. The first kappa shape index (κ1) is 21.2. The van der Waals surface area contributed by atoms with E-state index in [9.17, 15) is 23.3 Å². The van der Waals surface area contributed by atoms with Crippen LogP contribution in [0, 0.1) is 10.1 Å². The fraction of sp³-hybridized carbons (Fsp3) is 0.111. The summed E-state index contributed by atoms with van der Waals surface area (Å²) in [5.41, 5.74) is 0.293. The third kappa shape index (κ3) is 5.10. The van der Waals surface area contributed by atoms with Crippen LogP contribution in [-0.2, 0) is 21.2 Å². The highest BCUT2D eigenvalue weighted by atomic mass is 32.2. The van der Waals surface area contributed by atoms with Crippen molar-refractivity contribution in [2.45, 2.75) is 11.3 Å². The molecule has 1 heterocycles. The molecule has 0 radical (unpaired) electrons. The minimum absolute atomic E-state index is 0.0947. The minimum atomic E-state index is -3.78. The van der Waals surface area contributed by atoms with Crippen molar-refractivity contribution in [2.24, 2.45) is 0 Å². The van der Waals surface area contributed by atoms with Gasteiger partial charge in [0.2, 0.25) is 5.91 Å². The molecule has 12 heteroatoms.